The Bertz CT molecular complexity index is 1750. The van der Waals surface area contributed by atoms with Gasteiger partial charge in [0.25, 0.3) is 11.8 Å². The van der Waals surface area contributed by atoms with E-state index in [2.05, 4.69) is 25.8 Å². The third-order valence-electron chi connectivity index (χ3n) is 7.19. The maximum atomic E-state index is 13.5. The molecule has 1 aliphatic carbocycles. The summed E-state index contributed by atoms with van der Waals surface area (Å²) in [5, 5.41) is 13.5. The minimum atomic E-state index is -0.540. The summed E-state index contributed by atoms with van der Waals surface area (Å²) < 4.78 is 19.6. The highest BCUT2D eigenvalue weighted by Gasteiger charge is 2.49. The second kappa shape index (κ2) is 9.20. The number of rotatable bonds is 6. The lowest BCUT2D eigenvalue weighted by Gasteiger charge is -2.15. The van der Waals surface area contributed by atoms with Gasteiger partial charge in [-0.25, -0.2) is 9.37 Å². The lowest BCUT2D eigenvalue weighted by Crippen LogP contribution is -2.35. The van der Waals surface area contributed by atoms with E-state index in [1.165, 1.54) is 12.1 Å². The first kappa shape index (κ1) is 24.5. The van der Waals surface area contributed by atoms with E-state index in [1.807, 2.05) is 38.1 Å². The number of aromatic amines is 1. The van der Waals surface area contributed by atoms with Crippen LogP contribution in [0.25, 0.3) is 33.4 Å². The van der Waals surface area contributed by atoms with Crippen LogP contribution in [0.1, 0.15) is 50.8 Å². The van der Waals surface area contributed by atoms with Crippen LogP contribution in [0.2, 0.25) is 0 Å². The van der Waals surface area contributed by atoms with Crippen molar-refractivity contribution in [1.82, 2.24) is 25.8 Å². The van der Waals surface area contributed by atoms with Crippen molar-refractivity contribution < 1.29 is 18.4 Å². The van der Waals surface area contributed by atoms with Crippen molar-refractivity contribution in [3.05, 3.63) is 94.8 Å². The van der Waals surface area contributed by atoms with E-state index < -0.39 is 5.54 Å². The number of nitrogens with zero attached hydrogens (tertiary/aromatic N) is 2. The quantitative estimate of drug-likeness (QED) is 0.275. The Morgan fingerprint density at radius 3 is 2.38 bits per heavy atom. The second-order valence-corrected chi connectivity index (χ2v) is 9.91. The Labute approximate surface area is 223 Å². The number of fused-ring (bicyclic) bond motifs is 1. The normalized spacial score (nSPS) is 13.8. The molecule has 8 nitrogen and oxygen atoms in total. The number of benzene rings is 3. The third-order valence-corrected chi connectivity index (χ3v) is 7.19. The molecule has 0 unspecified atom stereocenters. The highest BCUT2D eigenvalue weighted by Crippen LogP contribution is 2.44. The van der Waals surface area contributed by atoms with Gasteiger partial charge in [0.1, 0.15) is 28.5 Å². The van der Waals surface area contributed by atoms with Crippen LogP contribution in [0.4, 0.5) is 4.39 Å². The summed E-state index contributed by atoms with van der Waals surface area (Å²) in [5.74, 6) is 0.781. The molecule has 0 aliphatic heterocycles. The van der Waals surface area contributed by atoms with E-state index in [0.717, 1.165) is 29.5 Å². The number of aryl methyl sites for hydroxylation is 2. The molecule has 2 amide bonds. The molecule has 0 atom stereocenters. The molecule has 2 aromatic heterocycles. The molecular formula is C30H26FN5O3. The van der Waals surface area contributed by atoms with Gasteiger partial charge >= 0.3 is 0 Å². The van der Waals surface area contributed by atoms with E-state index in [9.17, 15) is 14.0 Å². The van der Waals surface area contributed by atoms with Gasteiger partial charge in [0.2, 0.25) is 0 Å². The van der Waals surface area contributed by atoms with Crippen molar-refractivity contribution in [3.8, 4) is 22.5 Å². The van der Waals surface area contributed by atoms with Crippen molar-refractivity contribution in [3.63, 3.8) is 0 Å². The van der Waals surface area contributed by atoms with Crippen molar-refractivity contribution in [2.24, 2.45) is 0 Å². The van der Waals surface area contributed by atoms with Gasteiger partial charge in [-0.3, -0.25) is 14.7 Å². The minimum absolute atomic E-state index is 0.203. The SMILES string of the molecule is CNC(=O)c1c(-c2ccc(F)cc2)oc2ccc(-c3cc(C(=O)NC4(c5n[nH]c(C)n5)CC4)ccc3C)cc12. The third kappa shape index (κ3) is 4.35. The summed E-state index contributed by atoms with van der Waals surface area (Å²) >= 11 is 0. The maximum absolute atomic E-state index is 13.5. The van der Waals surface area contributed by atoms with Crippen molar-refractivity contribution in [2.45, 2.75) is 32.2 Å². The Balaban J connectivity index is 1.38. The first-order valence-corrected chi connectivity index (χ1v) is 12.7. The van der Waals surface area contributed by atoms with Gasteiger partial charge in [0.05, 0.1) is 5.56 Å². The molecule has 0 spiro atoms. The summed E-state index contributed by atoms with van der Waals surface area (Å²) in [5.41, 5.74) is 4.12. The number of halogens is 1. The van der Waals surface area contributed by atoms with Gasteiger partial charge in [0, 0.05) is 23.6 Å². The molecule has 3 N–H and O–H groups in total. The smallest absolute Gasteiger partial charge is 0.255 e. The number of aromatic nitrogens is 3. The molecule has 0 radical (unpaired) electrons. The number of amides is 2. The zero-order valence-electron chi connectivity index (χ0n) is 21.7. The fourth-order valence-electron chi connectivity index (χ4n) is 4.87. The fraction of sp³-hybridized carbons (Fsp3) is 0.200. The first-order chi connectivity index (χ1) is 18.8. The average Bonchev–Trinajstić information content (AvgIpc) is 3.40. The van der Waals surface area contributed by atoms with Gasteiger partial charge in [-0.2, -0.15) is 5.10 Å². The van der Waals surface area contributed by atoms with Gasteiger partial charge < -0.3 is 15.1 Å². The van der Waals surface area contributed by atoms with Crippen LogP contribution >= 0.6 is 0 Å². The lowest BCUT2D eigenvalue weighted by atomic mass is 9.95. The summed E-state index contributed by atoms with van der Waals surface area (Å²) in [4.78, 5) is 30.7. The zero-order valence-corrected chi connectivity index (χ0v) is 21.7. The molecule has 3 aromatic carbocycles. The summed E-state index contributed by atoms with van der Waals surface area (Å²) in [7, 11) is 1.55. The second-order valence-electron chi connectivity index (χ2n) is 9.91. The van der Waals surface area contributed by atoms with Gasteiger partial charge in [0.15, 0.2) is 5.82 Å². The molecule has 1 saturated carbocycles. The number of hydrogen-bond acceptors (Lipinski definition) is 5. The Morgan fingerprint density at radius 2 is 1.72 bits per heavy atom. The van der Waals surface area contributed by atoms with E-state index in [0.29, 0.717) is 45.1 Å². The monoisotopic (exact) mass is 523 g/mol. The number of hydrogen-bond donors (Lipinski definition) is 3. The Kier molecular flexibility index (Phi) is 5.79. The zero-order chi connectivity index (χ0) is 27.3. The Hall–Kier alpha value is -4.79. The predicted octanol–water partition coefficient (Wildman–Crippen LogP) is 5.42. The largest absolute Gasteiger partial charge is 0.455 e. The molecule has 6 rings (SSSR count). The van der Waals surface area contributed by atoms with Crippen LogP contribution < -0.4 is 10.6 Å². The highest BCUT2D eigenvalue weighted by atomic mass is 19.1. The van der Waals surface area contributed by atoms with Crippen LogP contribution in [0.5, 0.6) is 0 Å². The van der Waals surface area contributed by atoms with Crippen LogP contribution in [0.3, 0.4) is 0 Å². The maximum Gasteiger partial charge on any atom is 0.255 e. The van der Waals surface area contributed by atoms with Crippen molar-refractivity contribution >= 4 is 22.8 Å². The van der Waals surface area contributed by atoms with Crippen LogP contribution in [0.15, 0.2) is 65.1 Å². The Morgan fingerprint density at radius 1 is 0.974 bits per heavy atom. The van der Waals surface area contributed by atoms with E-state index in [-0.39, 0.29) is 17.6 Å². The van der Waals surface area contributed by atoms with E-state index in [4.69, 9.17) is 4.42 Å². The molecule has 196 valence electrons. The van der Waals surface area contributed by atoms with Crippen molar-refractivity contribution in [1.29, 1.82) is 0 Å². The van der Waals surface area contributed by atoms with Crippen LogP contribution in [-0.2, 0) is 5.54 Å². The van der Waals surface area contributed by atoms with Crippen LogP contribution in [0, 0.1) is 19.7 Å². The number of nitrogens with one attached hydrogen (secondary N) is 3. The summed E-state index contributed by atoms with van der Waals surface area (Å²) in [6.45, 7) is 3.80. The van der Waals surface area contributed by atoms with E-state index in [1.54, 1.807) is 31.3 Å². The van der Waals surface area contributed by atoms with Gasteiger partial charge in [-0.1, -0.05) is 12.1 Å². The first-order valence-electron chi connectivity index (χ1n) is 12.7. The summed E-state index contributed by atoms with van der Waals surface area (Å²) in [6, 6.07) is 17.0. The molecule has 5 aromatic rings. The number of carbonyl (C=O) groups is 2. The lowest BCUT2D eigenvalue weighted by molar-refractivity contribution is 0.0927. The molecule has 0 saturated heterocycles. The van der Waals surface area contributed by atoms with E-state index >= 15 is 0 Å². The highest BCUT2D eigenvalue weighted by molar-refractivity contribution is 6.12. The van der Waals surface area contributed by atoms with Crippen molar-refractivity contribution in [2.75, 3.05) is 7.05 Å². The van der Waals surface area contributed by atoms with Gasteiger partial charge in [-0.15, -0.1) is 0 Å². The molecule has 1 fully saturated rings. The van der Waals surface area contributed by atoms with Gasteiger partial charge in [-0.05, 0) is 91.9 Å². The molecule has 1 aliphatic rings. The molecule has 39 heavy (non-hydrogen) atoms. The summed E-state index contributed by atoms with van der Waals surface area (Å²) in [6.07, 6.45) is 1.56. The van der Waals surface area contributed by atoms with Crippen LogP contribution in [-0.4, -0.2) is 34.0 Å². The standard InChI is InChI=1S/C30H26FN5O3/c1-16-4-5-20(27(37)34-30(12-13-30)29-33-17(2)35-36-29)15-22(16)19-8-11-24-23(14-19)25(28(38)32-3)26(39-24)18-6-9-21(31)10-7-18/h4-11,14-15H,12-13H2,1-3H3,(H,32,38)(H,34,37)(H,33,35,36). The molecule has 0 bridgehead atoms. The predicted molar refractivity (Wildman–Crippen MR) is 145 cm³/mol. The molecule has 9 heteroatoms. The number of H-pyrrole nitrogens is 1. The minimum Gasteiger partial charge on any atom is -0.455 e. The average molecular weight is 524 g/mol. The number of furan rings is 1. The number of carbonyl (C=O) groups excluding carboxylic acids is 2. The fourth-order valence-corrected chi connectivity index (χ4v) is 4.87. The molecule has 2 heterocycles. The molecular weight excluding hydrogens is 497 g/mol. The topological polar surface area (TPSA) is 113 Å².